The number of nitrogens with one attached hydrogen (secondary N) is 2. The number of rotatable bonds is 4. The van der Waals surface area contributed by atoms with E-state index in [9.17, 15) is 18.4 Å². The molecule has 2 N–H and O–H groups in total. The molecule has 0 radical (unpaired) electrons. The number of carbonyl (C=O) groups excluding carboxylic acids is 2. The minimum Gasteiger partial charge on any atom is -0.354 e. The van der Waals surface area contributed by atoms with Crippen molar-refractivity contribution in [3.63, 3.8) is 0 Å². The lowest BCUT2D eigenvalue weighted by Gasteiger charge is -2.32. The van der Waals surface area contributed by atoms with Crippen LogP contribution in [0.15, 0.2) is 30.6 Å². The van der Waals surface area contributed by atoms with Crippen LogP contribution in [0.3, 0.4) is 0 Å². The van der Waals surface area contributed by atoms with Crippen LogP contribution in [0, 0.1) is 28.9 Å². The Hall–Kier alpha value is -3.61. The molecule has 0 bridgehead atoms. The number of amides is 2. The Kier molecular flexibility index (Phi) is 6.29. The fourth-order valence-corrected chi connectivity index (χ4v) is 3.07. The molecule has 2 heterocycles. The van der Waals surface area contributed by atoms with Crippen molar-refractivity contribution in [3.8, 4) is 6.07 Å². The number of aromatic nitrogens is 2. The van der Waals surface area contributed by atoms with Crippen LogP contribution < -0.4 is 15.5 Å². The molecule has 8 nitrogen and oxygen atoms in total. The van der Waals surface area contributed by atoms with E-state index in [1.807, 2.05) is 11.0 Å². The molecular weight excluding hydrogens is 382 g/mol. The van der Waals surface area contributed by atoms with Crippen LogP contribution in [0.5, 0.6) is 0 Å². The van der Waals surface area contributed by atoms with Crippen molar-refractivity contribution in [2.45, 2.75) is 12.8 Å². The predicted molar refractivity (Wildman–Crippen MR) is 99.7 cm³/mol. The van der Waals surface area contributed by atoms with E-state index in [4.69, 9.17) is 5.26 Å². The van der Waals surface area contributed by atoms with Crippen LogP contribution in [-0.4, -0.2) is 41.4 Å². The maximum atomic E-state index is 13.2. The smallest absolute Gasteiger partial charge is 0.313 e. The number of nitrogens with zero attached hydrogens (tertiary/aromatic N) is 4. The van der Waals surface area contributed by atoms with Gasteiger partial charge in [-0.05, 0) is 30.9 Å². The van der Waals surface area contributed by atoms with Crippen molar-refractivity contribution in [1.29, 1.82) is 5.26 Å². The lowest BCUT2D eigenvalue weighted by molar-refractivity contribution is -0.136. The summed E-state index contributed by atoms with van der Waals surface area (Å²) in [6.07, 6.45) is 4.49. The van der Waals surface area contributed by atoms with E-state index in [2.05, 4.69) is 20.6 Å². The third-order valence-corrected chi connectivity index (χ3v) is 4.63. The number of halogens is 2. The Bertz CT molecular complexity index is 954. The molecule has 1 saturated heterocycles. The second kappa shape index (κ2) is 9.05. The van der Waals surface area contributed by atoms with Crippen LogP contribution >= 0.6 is 0 Å². The van der Waals surface area contributed by atoms with Crippen LogP contribution in [-0.2, 0) is 9.59 Å². The van der Waals surface area contributed by atoms with E-state index >= 15 is 0 Å². The van der Waals surface area contributed by atoms with Crippen molar-refractivity contribution in [2.24, 2.45) is 5.92 Å². The first-order valence-corrected chi connectivity index (χ1v) is 8.98. The molecule has 29 heavy (non-hydrogen) atoms. The van der Waals surface area contributed by atoms with Crippen LogP contribution in [0.1, 0.15) is 18.5 Å². The minimum atomic E-state index is -1.11. The Labute approximate surface area is 165 Å². The van der Waals surface area contributed by atoms with Gasteiger partial charge in [0.05, 0.1) is 0 Å². The van der Waals surface area contributed by atoms with Gasteiger partial charge in [-0.2, -0.15) is 5.26 Å². The van der Waals surface area contributed by atoms with Gasteiger partial charge in [0.2, 0.25) is 0 Å². The third-order valence-electron chi connectivity index (χ3n) is 4.63. The fraction of sp³-hybridized carbons (Fsp3) is 0.316. The van der Waals surface area contributed by atoms with Gasteiger partial charge in [0.25, 0.3) is 0 Å². The molecule has 0 atom stereocenters. The molecule has 1 aliphatic rings. The summed E-state index contributed by atoms with van der Waals surface area (Å²) in [6, 6.07) is 4.86. The Morgan fingerprint density at radius 1 is 1.14 bits per heavy atom. The van der Waals surface area contributed by atoms with E-state index < -0.39 is 23.4 Å². The van der Waals surface area contributed by atoms with Gasteiger partial charge < -0.3 is 15.5 Å². The molecule has 150 valence electrons. The second-order valence-corrected chi connectivity index (χ2v) is 6.56. The highest BCUT2D eigenvalue weighted by Gasteiger charge is 2.24. The topological polar surface area (TPSA) is 111 Å². The van der Waals surface area contributed by atoms with Crippen LogP contribution in [0.25, 0.3) is 0 Å². The van der Waals surface area contributed by atoms with E-state index in [-0.39, 0.29) is 17.3 Å². The highest BCUT2D eigenvalue weighted by Crippen LogP contribution is 2.22. The van der Waals surface area contributed by atoms with E-state index in [0.29, 0.717) is 25.5 Å². The molecule has 1 aromatic carbocycles. The molecule has 0 aliphatic carbocycles. The maximum Gasteiger partial charge on any atom is 0.313 e. The first-order valence-electron chi connectivity index (χ1n) is 8.98. The van der Waals surface area contributed by atoms with Crippen molar-refractivity contribution in [2.75, 3.05) is 29.9 Å². The summed E-state index contributed by atoms with van der Waals surface area (Å²) < 4.78 is 26.1. The van der Waals surface area contributed by atoms with Crippen LogP contribution in [0.2, 0.25) is 0 Å². The van der Waals surface area contributed by atoms with Crippen molar-refractivity contribution in [1.82, 2.24) is 15.3 Å². The monoisotopic (exact) mass is 400 g/mol. The van der Waals surface area contributed by atoms with Crippen molar-refractivity contribution in [3.05, 3.63) is 47.9 Å². The number of hydrogen-bond acceptors (Lipinski definition) is 6. The standard InChI is InChI=1S/C19H18F2N6O2/c20-14-2-1-13(9-15(14)21)26-19(29)18(28)25-11-12-3-7-27(8-4-12)17-16(10-22)23-5-6-24-17/h1-2,5-6,9,12H,3-4,7-8,11H2,(H,25,28)(H,26,29). The van der Waals surface area contributed by atoms with Crippen LogP contribution in [0.4, 0.5) is 20.3 Å². The first-order chi connectivity index (χ1) is 14.0. The largest absolute Gasteiger partial charge is 0.354 e. The van der Waals surface area contributed by atoms with Crippen molar-refractivity contribution >= 4 is 23.3 Å². The van der Waals surface area contributed by atoms with Gasteiger partial charge >= 0.3 is 11.8 Å². The Balaban J connectivity index is 1.46. The SMILES string of the molecule is N#Cc1nccnc1N1CCC(CNC(=O)C(=O)Nc2ccc(F)c(F)c2)CC1. The average molecular weight is 400 g/mol. The molecule has 0 saturated carbocycles. The molecule has 1 aromatic heterocycles. The van der Waals surface area contributed by atoms with E-state index in [1.165, 1.54) is 18.5 Å². The molecule has 1 fully saturated rings. The molecule has 10 heteroatoms. The minimum absolute atomic E-state index is 0.00498. The summed E-state index contributed by atoms with van der Waals surface area (Å²) in [6.45, 7) is 1.60. The number of nitriles is 1. The molecule has 3 rings (SSSR count). The summed E-state index contributed by atoms with van der Waals surface area (Å²) in [5.74, 6) is -3.25. The zero-order valence-electron chi connectivity index (χ0n) is 15.4. The quantitative estimate of drug-likeness (QED) is 0.754. The Morgan fingerprint density at radius 3 is 2.55 bits per heavy atom. The zero-order valence-corrected chi connectivity index (χ0v) is 15.4. The van der Waals surface area contributed by atoms with E-state index in [0.717, 1.165) is 25.0 Å². The average Bonchev–Trinajstić information content (AvgIpc) is 2.75. The number of hydrogen-bond donors (Lipinski definition) is 2. The van der Waals surface area contributed by atoms with Gasteiger partial charge in [-0.25, -0.2) is 18.7 Å². The molecule has 0 spiro atoms. The summed E-state index contributed by atoms with van der Waals surface area (Å²) in [7, 11) is 0. The highest BCUT2D eigenvalue weighted by molar-refractivity contribution is 6.39. The summed E-state index contributed by atoms with van der Waals surface area (Å²) >= 11 is 0. The van der Waals surface area contributed by atoms with Gasteiger partial charge in [-0.3, -0.25) is 9.59 Å². The summed E-state index contributed by atoms with van der Waals surface area (Å²) in [4.78, 5) is 34.0. The molecule has 1 aliphatic heterocycles. The normalized spacial score (nSPS) is 14.2. The van der Waals surface area contributed by atoms with Gasteiger partial charge in [0, 0.05) is 43.8 Å². The van der Waals surface area contributed by atoms with Gasteiger partial charge in [-0.1, -0.05) is 0 Å². The second-order valence-electron chi connectivity index (χ2n) is 6.56. The fourth-order valence-electron chi connectivity index (χ4n) is 3.07. The first kappa shape index (κ1) is 20.1. The molecule has 2 amide bonds. The lowest BCUT2D eigenvalue weighted by atomic mass is 9.96. The third kappa shape index (κ3) is 5.01. The Morgan fingerprint density at radius 2 is 1.86 bits per heavy atom. The molecule has 0 unspecified atom stereocenters. The number of carbonyl (C=O) groups is 2. The number of benzene rings is 1. The van der Waals surface area contributed by atoms with Gasteiger partial charge in [0.1, 0.15) is 6.07 Å². The molecular formula is C19H18F2N6O2. The lowest BCUT2D eigenvalue weighted by Crippen LogP contribution is -2.42. The summed E-state index contributed by atoms with van der Waals surface area (Å²) in [5, 5.41) is 13.9. The zero-order chi connectivity index (χ0) is 20.8. The number of anilines is 2. The maximum absolute atomic E-state index is 13.2. The van der Waals surface area contributed by atoms with Gasteiger partial charge in [0.15, 0.2) is 23.1 Å². The number of piperidine rings is 1. The van der Waals surface area contributed by atoms with Gasteiger partial charge in [-0.15, -0.1) is 0 Å². The highest BCUT2D eigenvalue weighted by atomic mass is 19.2. The molecule has 2 aromatic rings. The van der Waals surface area contributed by atoms with E-state index in [1.54, 1.807) is 0 Å². The summed E-state index contributed by atoms with van der Waals surface area (Å²) in [5.41, 5.74) is 0.266. The van der Waals surface area contributed by atoms with Crippen molar-refractivity contribution < 1.29 is 18.4 Å². The predicted octanol–water partition coefficient (Wildman–Crippen LogP) is 1.60.